The first-order valence-electron chi connectivity index (χ1n) is 5.29. The highest BCUT2D eigenvalue weighted by Crippen LogP contribution is 2.16. The van der Waals surface area contributed by atoms with E-state index >= 15 is 0 Å². The van der Waals surface area contributed by atoms with E-state index in [2.05, 4.69) is 16.6 Å². The van der Waals surface area contributed by atoms with Crippen molar-refractivity contribution in [1.82, 2.24) is 4.98 Å². The summed E-state index contributed by atoms with van der Waals surface area (Å²) in [6.07, 6.45) is 8.02. The number of rotatable bonds is 8. The standard InChI is InChI=1S/C11H16NO2S/c1-2-3-4-5-6-10-7-12-11(15-10)8-14-9-13/h7H,2-6,8H2,1H3. The van der Waals surface area contributed by atoms with Crippen molar-refractivity contribution < 1.29 is 9.53 Å². The van der Waals surface area contributed by atoms with E-state index in [1.807, 2.05) is 6.20 Å². The van der Waals surface area contributed by atoms with Gasteiger partial charge in [0.15, 0.2) is 0 Å². The maximum atomic E-state index is 9.86. The number of hydrogen-bond acceptors (Lipinski definition) is 4. The molecule has 0 aliphatic heterocycles. The summed E-state index contributed by atoms with van der Waals surface area (Å²) >= 11 is 1.62. The van der Waals surface area contributed by atoms with Crippen LogP contribution in [0.2, 0.25) is 0 Å². The molecule has 0 aromatic carbocycles. The maximum Gasteiger partial charge on any atom is 0.417 e. The minimum atomic E-state index is 0.253. The number of thiazole rings is 1. The zero-order chi connectivity index (χ0) is 10.9. The molecule has 1 heterocycles. The van der Waals surface area contributed by atoms with Crippen LogP contribution in [0.25, 0.3) is 0 Å². The Morgan fingerprint density at radius 2 is 2.33 bits per heavy atom. The predicted octanol–water partition coefficient (Wildman–Crippen LogP) is 2.85. The number of carbonyl (C=O) groups excluding carboxylic acids is 1. The summed E-state index contributed by atoms with van der Waals surface area (Å²) in [5.74, 6) is 0. The van der Waals surface area contributed by atoms with Gasteiger partial charge in [-0.2, -0.15) is 0 Å². The lowest BCUT2D eigenvalue weighted by Crippen LogP contribution is -1.87. The van der Waals surface area contributed by atoms with Gasteiger partial charge in [-0.3, -0.25) is 0 Å². The van der Waals surface area contributed by atoms with E-state index in [-0.39, 0.29) is 6.61 Å². The van der Waals surface area contributed by atoms with Crippen LogP contribution in [0.5, 0.6) is 0 Å². The number of nitrogens with zero attached hydrogens (tertiary/aromatic N) is 1. The first-order valence-corrected chi connectivity index (χ1v) is 6.11. The van der Waals surface area contributed by atoms with Gasteiger partial charge in [-0.25, -0.2) is 9.78 Å². The molecule has 1 aromatic heterocycles. The van der Waals surface area contributed by atoms with Gasteiger partial charge in [-0.1, -0.05) is 26.2 Å². The van der Waals surface area contributed by atoms with Gasteiger partial charge in [0, 0.05) is 11.1 Å². The molecule has 3 nitrogen and oxygen atoms in total. The molecule has 0 saturated carbocycles. The van der Waals surface area contributed by atoms with Gasteiger partial charge in [0.25, 0.3) is 0 Å². The average Bonchev–Trinajstić information content (AvgIpc) is 2.69. The number of hydrogen-bond donors (Lipinski definition) is 0. The molecule has 0 amide bonds. The van der Waals surface area contributed by atoms with Gasteiger partial charge >= 0.3 is 6.47 Å². The molecule has 1 radical (unpaired) electrons. The average molecular weight is 226 g/mol. The fourth-order valence-corrected chi connectivity index (χ4v) is 2.23. The van der Waals surface area contributed by atoms with Crippen molar-refractivity contribution in [2.75, 3.05) is 0 Å². The Morgan fingerprint density at radius 1 is 1.47 bits per heavy atom. The van der Waals surface area contributed by atoms with Crippen LogP contribution in [0.4, 0.5) is 0 Å². The Bertz CT molecular complexity index is 286. The first kappa shape index (κ1) is 12.2. The summed E-state index contributed by atoms with van der Waals surface area (Å²) in [4.78, 5) is 15.3. The van der Waals surface area contributed by atoms with Crippen molar-refractivity contribution >= 4 is 17.8 Å². The topological polar surface area (TPSA) is 39.2 Å². The van der Waals surface area contributed by atoms with E-state index in [0.29, 0.717) is 0 Å². The second kappa shape index (κ2) is 7.40. The van der Waals surface area contributed by atoms with E-state index in [1.165, 1.54) is 37.0 Å². The highest BCUT2D eigenvalue weighted by Gasteiger charge is 2.02. The lowest BCUT2D eigenvalue weighted by Gasteiger charge is -1.95. The molecule has 0 atom stereocenters. The molecule has 0 aliphatic carbocycles. The van der Waals surface area contributed by atoms with Crippen molar-refractivity contribution in [3.63, 3.8) is 0 Å². The molecule has 4 heteroatoms. The van der Waals surface area contributed by atoms with E-state index in [1.54, 1.807) is 11.3 Å². The Hall–Kier alpha value is -0.900. The zero-order valence-electron chi connectivity index (χ0n) is 8.99. The van der Waals surface area contributed by atoms with E-state index in [4.69, 9.17) is 0 Å². The van der Waals surface area contributed by atoms with Crippen LogP contribution in [-0.2, 0) is 22.6 Å². The number of aromatic nitrogens is 1. The summed E-state index contributed by atoms with van der Waals surface area (Å²) in [5.41, 5.74) is 0. The second-order valence-electron chi connectivity index (χ2n) is 3.40. The molecule has 0 fully saturated rings. The zero-order valence-corrected chi connectivity index (χ0v) is 9.81. The van der Waals surface area contributed by atoms with Gasteiger partial charge in [0.2, 0.25) is 0 Å². The fourth-order valence-electron chi connectivity index (χ4n) is 1.35. The normalized spacial score (nSPS) is 10.2. The molecule has 83 valence electrons. The summed E-state index contributed by atoms with van der Waals surface area (Å²) in [6, 6.07) is 0. The van der Waals surface area contributed by atoms with Gasteiger partial charge in [0.1, 0.15) is 11.6 Å². The molecule has 0 unspecified atom stereocenters. The summed E-state index contributed by atoms with van der Waals surface area (Å²) in [6.45, 7) is 3.86. The van der Waals surface area contributed by atoms with Gasteiger partial charge in [0.05, 0.1) is 0 Å². The van der Waals surface area contributed by atoms with E-state index in [0.717, 1.165) is 11.4 Å². The minimum Gasteiger partial charge on any atom is -0.450 e. The molecule has 1 rings (SSSR count). The van der Waals surface area contributed by atoms with Crippen LogP contribution >= 0.6 is 11.3 Å². The van der Waals surface area contributed by atoms with Crippen molar-refractivity contribution in [3.8, 4) is 0 Å². The van der Waals surface area contributed by atoms with Gasteiger partial charge in [-0.15, -0.1) is 11.3 Å². The van der Waals surface area contributed by atoms with Crippen LogP contribution in [0.1, 0.15) is 42.5 Å². The number of aryl methyl sites for hydroxylation is 1. The van der Waals surface area contributed by atoms with Crippen LogP contribution in [0.3, 0.4) is 0 Å². The maximum absolute atomic E-state index is 9.86. The summed E-state index contributed by atoms with van der Waals surface area (Å²) < 4.78 is 4.52. The van der Waals surface area contributed by atoms with E-state index in [9.17, 15) is 4.79 Å². The Morgan fingerprint density at radius 3 is 3.07 bits per heavy atom. The predicted molar refractivity (Wildman–Crippen MR) is 60.4 cm³/mol. The molecule has 1 aromatic rings. The summed E-state index contributed by atoms with van der Waals surface area (Å²) in [5, 5.41) is 0.851. The van der Waals surface area contributed by atoms with Crippen molar-refractivity contribution in [2.24, 2.45) is 0 Å². The Kier molecular flexibility index (Phi) is 6.00. The Balaban J connectivity index is 2.23. The fraction of sp³-hybridized carbons (Fsp3) is 0.636. The molecule has 15 heavy (non-hydrogen) atoms. The first-order chi connectivity index (χ1) is 7.36. The van der Waals surface area contributed by atoms with Crippen molar-refractivity contribution in [1.29, 1.82) is 0 Å². The molecule has 0 bridgehead atoms. The minimum absolute atomic E-state index is 0.253. The molecular weight excluding hydrogens is 210 g/mol. The smallest absolute Gasteiger partial charge is 0.417 e. The molecule has 0 saturated heterocycles. The number of ether oxygens (including phenoxy) is 1. The van der Waals surface area contributed by atoms with Crippen LogP contribution < -0.4 is 0 Å². The Labute approximate surface area is 94.5 Å². The largest absolute Gasteiger partial charge is 0.450 e. The van der Waals surface area contributed by atoms with Gasteiger partial charge in [-0.05, 0) is 12.8 Å². The van der Waals surface area contributed by atoms with Crippen molar-refractivity contribution in [2.45, 2.75) is 45.6 Å². The monoisotopic (exact) mass is 226 g/mol. The molecular formula is C11H16NO2S. The highest BCUT2D eigenvalue weighted by atomic mass is 32.1. The van der Waals surface area contributed by atoms with Gasteiger partial charge < -0.3 is 4.74 Å². The third-order valence-corrected chi connectivity index (χ3v) is 3.16. The van der Waals surface area contributed by atoms with Crippen LogP contribution in [-0.4, -0.2) is 11.5 Å². The van der Waals surface area contributed by atoms with Crippen molar-refractivity contribution in [3.05, 3.63) is 16.1 Å². The molecule has 0 N–H and O–H groups in total. The van der Waals surface area contributed by atoms with Crippen LogP contribution in [0, 0.1) is 0 Å². The van der Waals surface area contributed by atoms with E-state index < -0.39 is 0 Å². The quantitative estimate of drug-likeness (QED) is 0.640. The lowest BCUT2D eigenvalue weighted by atomic mass is 10.1. The second-order valence-corrected chi connectivity index (χ2v) is 4.60. The van der Waals surface area contributed by atoms with Crippen LogP contribution in [0.15, 0.2) is 6.20 Å². The molecule has 0 spiro atoms. The molecule has 0 aliphatic rings. The highest BCUT2D eigenvalue weighted by molar-refractivity contribution is 7.11. The lowest BCUT2D eigenvalue weighted by molar-refractivity contribution is 0.266. The number of unbranched alkanes of at least 4 members (excludes halogenated alkanes) is 3. The third-order valence-electron chi connectivity index (χ3n) is 2.13. The third kappa shape index (κ3) is 4.93. The SMILES string of the molecule is CCCCCCc1cnc(CO[C]=O)s1. The summed E-state index contributed by atoms with van der Waals surface area (Å²) in [7, 11) is 0.